The fourth-order valence-electron chi connectivity index (χ4n) is 7.84. The molecule has 0 N–H and O–H groups in total. The van der Waals surface area contributed by atoms with Crippen LogP contribution in [0.5, 0.6) is 0 Å². The number of thiophene rings is 1. The number of para-hydroxylation sites is 1. The standard InChI is InChI=1S/C51H31N3OS/c1-3-13-32(14-4-1)34-17-9-18-35(29-34)36-27-28-46-43(31-36)40-23-11-22-39(48(40)56-46)37-19-10-20-38(30-37)50-52-49(33-15-5-2-6-16-33)53-51(54-50)42-24-12-26-45-47(42)41-21-7-8-25-44(41)55-45/h1-31H. The third-order valence-electron chi connectivity index (χ3n) is 10.5. The number of rotatable bonds is 6. The Bertz CT molecular complexity index is 3260. The van der Waals surface area contributed by atoms with Crippen LogP contribution in [0.25, 0.3) is 110 Å². The van der Waals surface area contributed by atoms with Crippen LogP contribution in [-0.4, -0.2) is 15.0 Å². The van der Waals surface area contributed by atoms with Crippen molar-refractivity contribution < 1.29 is 4.42 Å². The van der Waals surface area contributed by atoms with E-state index in [0.717, 1.165) is 44.2 Å². The molecular weight excluding hydrogens is 703 g/mol. The van der Waals surface area contributed by atoms with E-state index in [1.165, 1.54) is 48.0 Å². The molecule has 0 aliphatic carbocycles. The number of furan rings is 1. The van der Waals surface area contributed by atoms with E-state index in [1.54, 1.807) is 0 Å². The molecule has 8 aromatic carbocycles. The molecule has 11 aromatic rings. The maximum absolute atomic E-state index is 6.25. The lowest BCUT2D eigenvalue weighted by atomic mass is 9.97. The van der Waals surface area contributed by atoms with Crippen LogP contribution in [0, 0.1) is 0 Å². The highest BCUT2D eigenvalue weighted by molar-refractivity contribution is 7.26. The predicted octanol–water partition coefficient (Wildman–Crippen LogP) is 14.1. The number of nitrogens with zero attached hydrogens (tertiary/aromatic N) is 3. The summed E-state index contributed by atoms with van der Waals surface area (Å²) in [6, 6.07) is 65.8. The van der Waals surface area contributed by atoms with Crippen molar-refractivity contribution in [3.8, 4) is 67.5 Å². The van der Waals surface area contributed by atoms with Gasteiger partial charge in [-0.1, -0.05) is 152 Å². The number of benzene rings is 8. The zero-order valence-corrected chi connectivity index (χ0v) is 30.9. The van der Waals surface area contributed by atoms with Gasteiger partial charge in [0.15, 0.2) is 17.5 Å². The van der Waals surface area contributed by atoms with E-state index >= 15 is 0 Å². The smallest absolute Gasteiger partial charge is 0.164 e. The molecule has 0 radical (unpaired) electrons. The van der Waals surface area contributed by atoms with Gasteiger partial charge in [0.1, 0.15) is 11.2 Å². The zero-order chi connectivity index (χ0) is 37.0. The molecule has 0 spiro atoms. The molecular formula is C51H31N3OS. The summed E-state index contributed by atoms with van der Waals surface area (Å²) in [5.41, 5.74) is 11.6. The molecule has 0 aliphatic rings. The molecule has 0 saturated heterocycles. The quantitative estimate of drug-likeness (QED) is 0.171. The summed E-state index contributed by atoms with van der Waals surface area (Å²) in [6.45, 7) is 0. The number of fused-ring (bicyclic) bond motifs is 6. The summed E-state index contributed by atoms with van der Waals surface area (Å²) >= 11 is 1.84. The van der Waals surface area contributed by atoms with Gasteiger partial charge >= 0.3 is 0 Å². The van der Waals surface area contributed by atoms with Crippen LogP contribution in [0.3, 0.4) is 0 Å². The first-order valence-electron chi connectivity index (χ1n) is 18.7. The molecule has 56 heavy (non-hydrogen) atoms. The molecule has 0 fully saturated rings. The van der Waals surface area contributed by atoms with E-state index in [2.05, 4.69) is 127 Å². The second kappa shape index (κ2) is 13.3. The minimum absolute atomic E-state index is 0.605. The summed E-state index contributed by atoms with van der Waals surface area (Å²) in [6.07, 6.45) is 0. The van der Waals surface area contributed by atoms with Crippen molar-refractivity contribution in [2.75, 3.05) is 0 Å². The van der Waals surface area contributed by atoms with Crippen LogP contribution in [0.2, 0.25) is 0 Å². The maximum Gasteiger partial charge on any atom is 0.164 e. The molecule has 3 heterocycles. The second-order valence-corrected chi connectivity index (χ2v) is 15.0. The van der Waals surface area contributed by atoms with Crippen LogP contribution in [0.1, 0.15) is 0 Å². The Balaban J connectivity index is 1.03. The number of aromatic nitrogens is 3. The lowest BCUT2D eigenvalue weighted by molar-refractivity contribution is 0.669. The molecule has 0 aliphatic heterocycles. The van der Waals surface area contributed by atoms with Gasteiger partial charge in [-0.05, 0) is 69.8 Å². The van der Waals surface area contributed by atoms with Gasteiger partial charge in [-0.15, -0.1) is 11.3 Å². The van der Waals surface area contributed by atoms with E-state index in [-0.39, 0.29) is 0 Å². The SMILES string of the molecule is c1ccc(-c2cccc(-c3ccc4sc5c(-c6cccc(-c7nc(-c8ccccc8)nc(-c8cccc9oc%10ccccc%10c89)n7)c6)cccc5c4c3)c2)cc1. The van der Waals surface area contributed by atoms with E-state index in [4.69, 9.17) is 19.4 Å². The normalized spacial score (nSPS) is 11.6. The second-order valence-electron chi connectivity index (χ2n) is 14.0. The van der Waals surface area contributed by atoms with E-state index < -0.39 is 0 Å². The van der Waals surface area contributed by atoms with Crippen molar-refractivity contribution in [1.29, 1.82) is 0 Å². The third-order valence-corrected chi connectivity index (χ3v) is 11.8. The van der Waals surface area contributed by atoms with Gasteiger partial charge in [-0.3, -0.25) is 0 Å². The number of hydrogen-bond donors (Lipinski definition) is 0. The Morgan fingerprint density at radius 1 is 0.339 bits per heavy atom. The van der Waals surface area contributed by atoms with Crippen molar-refractivity contribution in [1.82, 2.24) is 15.0 Å². The fourth-order valence-corrected chi connectivity index (χ4v) is 9.06. The zero-order valence-electron chi connectivity index (χ0n) is 30.1. The van der Waals surface area contributed by atoms with Crippen LogP contribution in [0.4, 0.5) is 0 Å². The maximum atomic E-state index is 6.25. The van der Waals surface area contributed by atoms with Crippen LogP contribution >= 0.6 is 11.3 Å². The Labute approximate surface area is 327 Å². The third kappa shape index (κ3) is 5.56. The molecule has 3 aromatic heterocycles. The van der Waals surface area contributed by atoms with Gasteiger partial charge in [0.05, 0.1) is 0 Å². The minimum Gasteiger partial charge on any atom is -0.456 e. The van der Waals surface area contributed by atoms with Crippen LogP contribution in [0.15, 0.2) is 192 Å². The van der Waals surface area contributed by atoms with Crippen LogP contribution < -0.4 is 0 Å². The highest BCUT2D eigenvalue weighted by Gasteiger charge is 2.19. The van der Waals surface area contributed by atoms with Gasteiger partial charge in [0, 0.05) is 47.6 Å². The lowest BCUT2D eigenvalue weighted by Gasteiger charge is -2.10. The average Bonchev–Trinajstić information content (AvgIpc) is 3.85. The average molecular weight is 734 g/mol. The topological polar surface area (TPSA) is 51.8 Å². The van der Waals surface area contributed by atoms with Gasteiger partial charge in [0.2, 0.25) is 0 Å². The van der Waals surface area contributed by atoms with Gasteiger partial charge in [-0.2, -0.15) is 0 Å². The lowest BCUT2D eigenvalue weighted by Crippen LogP contribution is -2.00. The molecule has 0 bridgehead atoms. The largest absolute Gasteiger partial charge is 0.456 e. The first-order valence-corrected chi connectivity index (χ1v) is 19.5. The molecule has 4 nitrogen and oxygen atoms in total. The van der Waals surface area contributed by atoms with Gasteiger partial charge in [0.25, 0.3) is 0 Å². The Morgan fingerprint density at radius 2 is 0.893 bits per heavy atom. The van der Waals surface area contributed by atoms with Crippen LogP contribution in [-0.2, 0) is 0 Å². The fraction of sp³-hybridized carbons (Fsp3) is 0. The molecule has 0 atom stereocenters. The number of hydrogen-bond acceptors (Lipinski definition) is 5. The first kappa shape index (κ1) is 32.2. The summed E-state index contributed by atoms with van der Waals surface area (Å²) in [5, 5.41) is 4.55. The van der Waals surface area contributed by atoms with E-state index in [0.29, 0.717) is 17.5 Å². The Kier molecular flexibility index (Phi) is 7.64. The van der Waals surface area contributed by atoms with Gasteiger partial charge < -0.3 is 4.42 Å². The van der Waals surface area contributed by atoms with Crippen molar-refractivity contribution in [2.24, 2.45) is 0 Å². The van der Waals surface area contributed by atoms with Crippen molar-refractivity contribution >= 4 is 53.4 Å². The highest BCUT2D eigenvalue weighted by atomic mass is 32.1. The van der Waals surface area contributed by atoms with E-state index in [1.807, 2.05) is 72.0 Å². The summed E-state index contributed by atoms with van der Waals surface area (Å²) in [5.74, 6) is 1.84. The summed E-state index contributed by atoms with van der Waals surface area (Å²) in [7, 11) is 0. The summed E-state index contributed by atoms with van der Waals surface area (Å²) < 4.78 is 8.77. The molecule has 0 saturated carbocycles. The minimum atomic E-state index is 0.605. The first-order chi connectivity index (χ1) is 27.7. The Morgan fingerprint density at radius 3 is 1.73 bits per heavy atom. The van der Waals surface area contributed by atoms with Crippen molar-refractivity contribution in [3.05, 3.63) is 188 Å². The van der Waals surface area contributed by atoms with Crippen molar-refractivity contribution in [2.45, 2.75) is 0 Å². The summed E-state index contributed by atoms with van der Waals surface area (Å²) in [4.78, 5) is 15.3. The van der Waals surface area contributed by atoms with Crippen molar-refractivity contribution in [3.63, 3.8) is 0 Å². The Hall–Kier alpha value is -7.21. The molecule has 5 heteroatoms. The van der Waals surface area contributed by atoms with E-state index in [9.17, 15) is 0 Å². The highest BCUT2D eigenvalue weighted by Crippen LogP contribution is 2.43. The van der Waals surface area contributed by atoms with Gasteiger partial charge in [-0.25, -0.2) is 15.0 Å². The molecule has 0 amide bonds. The predicted molar refractivity (Wildman–Crippen MR) is 233 cm³/mol. The molecule has 0 unspecified atom stereocenters. The monoisotopic (exact) mass is 733 g/mol. The molecule has 262 valence electrons. The molecule has 11 rings (SSSR count).